The van der Waals surface area contributed by atoms with Crippen LogP contribution in [0.25, 0.3) is 0 Å². The number of pyridine rings is 1. The van der Waals surface area contributed by atoms with Gasteiger partial charge in [0.25, 0.3) is 0 Å². The molecule has 0 aliphatic carbocycles. The number of nitrogens with zero attached hydrogens (tertiary/aromatic N) is 2. The van der Waals surface area contributed by atoms with E-state index < -0.39 is 0 Å². The molecule has 0 spiro atoms. The Kier molecular flexibility index (Phi) is 2.77. The van der Waals surface area contributed by atoms with E-state index in [0.29, 0.717) is 17.5 Å². The fourth-order valence-electron chi connectivity index (χ4n) is 2.12. The molecule has 1 aliphatic heterocycles. The van der Waals surface area contributed by atoms with Crippen LogP contribution in [0.2, 0.25) is 0 Å². The zero-order chi connectivity index (χ0) is 10.8. The largest absolute Gasteiger partial charge is 0.396 e. The molecule has 15 heavy (non-hydrogen) atoms. The minimum Gasteiger partial charge on any atom is -0.396 e. The van der Waals surface area contributed by atoms with Crippen molar-refractivity contribution < 1.29 is 5.11 Å². The van der Waals surface area contributed by atoms with Gasteiger partial charge in [0.2, 0.25) is 0 Å². The first-order valence-corrected chi connectivity index (χ1v) is 5.28. The standard InChI is InChI=1S/C11H17N3O/c1-8-5-14(6-9(8)7-15)11-10(12)3-2-4-13-11/h2-4,8-9,15H,5-7,12H2,1H3/t8-,9+/m1/s1. The molecule has 1 fully saturated rings. The van der Waals surface area contributed by atoms with Crippen LogP contribution in [0.4, 0.5) is 11.5 Å². The van der Waals surface area contributed by atoms with Gasteiger partial charge in [-0.25, -0.2) is 4.98 Å². The summed E-state index contributed by atoms with van der Waals surface area (Å²) in [6.07, 6.45) is 1.75. The SMILES string of the molecule is C[C@@H]1CN(c2ncccc2N)C[C@H]1CO. The van der Waals surface area contributed by atoms with Crippen LogP contribution in [-0.2, 0) is 0 Å². The van der Waals surface area contributed by atoms with Gasteiger partial charge in [0, 0.05) is 31.8 Å². The molecular formula is C11H17N3O. The van der Waals surface area contributed by atoms with Crippen LogP contribution < -0.4 is 10.6 Å². The van der Waals surface area contributed by atoms with Gasteiger partial charge in [0.1, 0.15) is 0 Å². The van der Waals surface area contributed by atoms with Crippen molar-refractivity contribution in [1.82, 2.24) is 4.98 Å². The summed E-state index contributed by atoms with van der Waals surface area (Å²) < 4.78 is 0. The molecular weight excluding hydrogens is 190 g/mol. The van der Waals surface area contributed by atoms with Gasteiger partial charge in [-0.15, -0.1) is 0 Å². The topological polar surface area (TPSA) is 62.4 Å². The Hall–Kier alpha value is -1.29. The quantitative estimate of drug-likeness (QED) is 0.750. The Bertz CT molecular complexity index is 342. The number of nitrogens with two attached hydrogens (primary N) is 1. The molecule has 82 valence electrons. The minimum absolute atomic E-state index is 0.240. The first-order valence-electron chi connectivity index (χ1n) is 5.28. The molecule has 0 radical (unpaired) electrons. The molecule has 3 N–H and O–H groups in total. The predicted molar refractivity (Wildman–Crippen MR) is 60.6 cm³/mol. The van der Waals surface area contributed by atoms with E-state index in [1.165, 1.54) is 0 Å². The lowest BCUT2D eigenvalue weighted by atomic mass is 10.00. The van der Waals surface area contributed by atoms with Crippen LogP contribution in [0.1, 0.15) is 6.92 Å². The zero-order valence-electron chi connectivity index (χ0n) is 8.93. The Labute approximate surface area is 89.7 Å². The lowest BCUT2D eigenvalue weighted by Gasteiger charge is -2.18. The van der Waals surface area contributed by atoms with Crippen LogP contribution in [0, 0.1) is 11.8 Å². The maximum absolute atomic E-state index is 9.19. The maximum Gasteiger partial charge on any atom is 0.151 e. The molecule has 1 aliphatic rings. The van der Waals surface area contributed by atoms with Gasteiger partial charge in [0.15, 0.2) is 5.82 Å². The van der Waals surface area contributed by atoms with E-state index in [1.54, 1.807) is 6.20 Å². The lowest BCUT2D eigenvalue weighted by Crippen LogP contribution is -2.22. The van der Waals surface area contributed by atoms with Crippen molar-refractivity contribution in [3.63, 3.8) is 0 Å². The van der Waals surface area contributed by atoms with E-state index in [9.17, 15) is 5.11 Å². The van der Waals surface area contributed by atoms with Crippen molar-refractivity contribution in [2.75, 3.05) is 30.3 Å². The molecule has 0 bridgehead atoms. The van der Waals surface area contributed by atoms with Crippen LogP contribution in [-0.4, -0.2) is 29.8 Å². The fraction of sp³-hybridized carbons (Fsp3) is 0.545. The van der Waals surface area contributed by atoms with E-state index >= 15 is 0 Å². The maximum atomic E-state index is 9.19. The normalized spacial score (nSPS) is 25.9. The van der Waals surface area contributed by atoms with Gasteiger partial charge in [0.05, 0.1) is 5.69 Å². The summed E-state index contributed by atoms with van der Waals surface area (Å²) in [6, 6.07) is 3.70. The van der Waals surface area contributed by atoms with Gasteiger partial charge in [-0.2, -0.15) is 0 Å². The van der Waals surface area contributed by atoms with Crippen molar-refractivity contribution >= 4 is 11.5 Å². The summed E-state index contributed by atoms with van der Waals surface area (Å²) in [5, 5.41) is 9.19. The summed E-state index contributed by atoms with van der Waals surface area (Å²) in [5.41, 5.74) is 6.58. The van der Waals surface area contributed by atoms with Gasteiger partial charge in [-0.05, 0) is 18.1 Å². The third-order valence-corrected chi connectivity index (χ3v) is 3.12. The zero-order valence-corrected chi connectivity index (χ0v) is 8.93. The van der Waals surface area contributed by atoms with Crippen molar-refractivity contribution in [2.24, 2.45) is 11.8 Å². The second-order valence-corrected chi connectivity index (χ2v) is 4.24. The monoisotopic (exact) mass is 207 g/mol. The average Bonchev–Trinajstić information content (AvgIpc) is 2.60. The Morgan fingerprint density at radius 2 is 2.40 bits per heavy atom. The van der Waals surface area contributed by atoms with Crippen molar-refractivity contribution in [1.29, 1.82) is 0 Å². The van der Waals surface area contributed by atoms with E-state index in [0.717, 1.165) is 18.9 Å². The molecule has 4 nitrogen and oxygen atoms in total. The predicted octanol–water partition coefficient (Wildman–Crippen LogP) is 0.728. The molecule has 4 heteroatoms. The second-order valence-electron chi connectivity index (χ2n) is 4.24. The van der Waals surface area contributed by atoms with Gasteiger partial charge < -0.3 is 15.7 Å². The minimum atomic E-state index is 0.240. The van der Waals surface area contributed by atoms with Crippen molar-refractivity contribution in [3.05, 3.63) is 18.3 Å². The highest BCUT2D eigenvalue weighted by Crippen LogP contribution is 2.29. The number of aliphatic hydroxyl groups excluding tert-OH is 1. The number of hydrogen-bond acceptors (Lipinski definition) is 4. The van der Waals surface area contributed by atoms with Crippen LogP contribution in [0.3, 0.4) is 0 Å². The Morgan fingerprint density at radius 3 is 3.00 bits per heavy atom. The molecule has 2 heterocycles. The highest BCUT2D eigenvalue weighted by Gasteiger charge is 2.30. The summed E-state index contributed by atoms with van der Waals surface area (Å²) >= 11 is 0. The summed E-state index contributed by atoms with van der Waals surface area (Å²) in [7, 11) is 0. The van der Waals surface area contributed by atoms with E-state index in [1.807, 2.05) is 12.1 Å². The second kappa shape index (κ2) is 4.06. The van der Waals surface area contributed by atoms with Gasteiger partial charge >= 0.3 is 0 Å². The van der Waals surface area contributed by atoms with Gasteiger partial charge in [-0.1, -0.05) is 6.92 Å². The highest BCUT2D eigenvalue weighted by atomic mass is 16.3. The fourth-order valence-corrected chi connectivity index (χ4v) is 2.12. The van der Waals surface area contributed by atoms with Crippen molar-refractivity contribution in [3.8, 4) is 0 Å². The van der Waals surface area contributed by atoms with Crippen LogP contribution >= 0.6 is 0 Å². The number of rotatable bonds is 2. The molecule has 2 rings (SSSR count). The molecule has 0 unspecified atom stereocenters. The first-order chi connectivity index (χ1) is 7.22. The number of anilines is 2. The van der Waals surface area contributed by atoms with Crippen molar-refractivity contribution in [2.45, 2.75) is 6.92 Å². The molecule has 0 saturated carbocycles. The molecule has 1 aromatic heterocycles. The van der Waals surface area contributed by atoms with E-state index in [4.69, 9.17) is 5.73 Å². The number of nitrogen functional groups attached to an aromatic ring is 1. The molecule has 0 amide bonds. The average molecular weight is 207 g/mol. The Morgan fingerprint density at radius 1 is 1.60 bits per heavy atom. The van der Waals surface area contributed by atoms with Crippen LogP contribution in [0.15, 0.2) is 18.3 Å². The third-order valence-electron chi connectivity index (χ3n) is 3.12. The summed E-state index contributed by atoms with van der Waals surface area (Å²) in [6.45, 7) is 4.16. The Balaban J connectivity index is 2.17. The number of hydrogen-bond donors (Lipinski definition) is 2. The smallest absolute Gasteiger partial charge is 0.151 e. The molecule has 1 saturated heterocycles. The summed E-state index contributed by atoms with van der Waals surface area (Å²) in [4.78, 5) is 6.44. The lowest BCUT2D eigenvalue weighted by molar-refractivity contribution is 0.212. The van der Waals surface area contributed by atoms with Crippen LogP contribution in [0.5, 0.6) is 0 Å². The molecule has 2 atom stereocenters. The first kappa shape index (κ1) is 10.2. The molecule has 0 aromatic carbocycles. The van der Waals surface area contributed by atoms with E-state index in [-0.39, 0.29) is 6.61 Å². The molecule has 1 aromatic rings. The number of aliphatic hydroxyl groups is 1. The number of aromatic nitrogens is 1. The highest BCUT2D eigenvalue weighted by molar-refractivity contribution is 5.62. The third kappa shape index (κ3) is 1.90. The van der Waals surface area contributed by atoms with E-state index in [2.05, 4.69) is 16.8 Å². The summed E-state index contributed by atoms with van der Waals surface area (Å²) in [5.74, 6) is 1.68. The van der Waals surface area contributed by atoms with Gasteiger partial charge in [-0.3, -0.25) is 0 Å².